The fourth-order valence-corrected chi connectivity index (χ4v) is 3.05. The molecule has 0 aliphatic carbocycles. The second-order valence-corrected chi connectivity index (χ2v) is 5.87. The van der Waals surface area contributed by atoms with Gasteiger partial charge in [-0.15, -0.1) is 0 Å². The summed E-state index contributed by atoms with van der Waals surface area (Å²) >= 11 is 0. The number of amides is 1. The van der Waals surface area contributed by atoms with Crippen LogP contribution in [0.2, 0.25) is 0 Å². The molecule has 0 radical (unpaired) electrons. The Labute approximate surface area is 131 Å². The molecule has 2 aromatic rings. The molecule has 1 amide bonds. The summed E-state index contributed by atoms with van der Waals surface area (Å²) in [6.45, 7) is 4.80. The zero-order chi connectivity index (χ0) is 15.5. The van der Waals surface area contributed by atoms with Crippen molar-refractivity contribution < 1.29 is 4.79 Å². The van der Waals surface area contributed by atoms with E-state index >= 15 is 0 Å². The Morgan fingerprint density at radius 3 is 2.64 bits per heavy atom. The van der Waals surface area contributed by atoms with E-state index in [1.807, 2.05) is 42.2 Å². The SMILES string of the molecule is CCc1cc(CC2CC(=O)N(c3ccccc3)C2)nc(C)n1. The Kier molecular flexibility index (Phi) is 4.18. The third-order valence-electron chi connectivity index (χ3n) is 4.08. The Morgan fingerprint density at radius 1 is 1.18 bits per heavy atom. The lowest BCUT2D eigenvalue weighted by Gasteiger charge is -2.16. The van der Waals surface area contributed by atoms with Gasteiger partial charge in [0.1, 0.15) is 5.82 Å². The van der Waals surface area contributed by atoms with Crippen LogP contribution >= 0.6 is 0 Å². The molecule has 1 atom stereocenters. The van der Waals surface area contributed by atoms with Crippen molar-refractivity contribution in [3.05, 3.63) is 53.6 Å². The molecule has 1 aliphatic rings. The molecular weight excluding hydrogens is 274 g/mol. The Balaban J connectivity index is 1.73. The van der Waals surface area contributed by atoms with Gasteiger partial charge in [-0.3, -0.25) is 4.79 Å². The average molecular weight is 295 g/mol. The number of benzene rings is 1. The van der Waals surface area contributed by atoms with Crippen molar-refractivity contribution in [2.45, 2.75) is 33.1 Å². The summed E-state index contributed by atoms with van der Waals surface area (Å²) in [5.41, 5.74) is 3.12. The van der Waals surface area contributed by atoms with E-state index in [-0.39, 0.29) is 5.91 Å². The fourth-order valence-electron chi connectivity index (χ4n) is 3.05. The second kappa shape index (κ2) is 6.26. The molecule has 0 N–H and O–H groups in total. The normalized spacial score (nSPS) is 18.0. The largest absolute Gasteiger partial charge is 0.312 e. The number of hydrogen-bond donors (Lipinski definition) is 0. The molecule has 0 saturated carbocycles. The average Bonchev–Trinajstić information content (AvgIpc) is 2.88. The summed E-state index contributed by atoms with van der Waals surface area (Å²) in [5, 5.41) is 0. The van der Waals surface area contributed by atoms with Gasteiger partial charge < -0.3 is 4.90 Å². The van der Waals surface area contributed by atoms with Gasteiger partial charge >= 0.3 is 0 Å². The first-order valence-electron chi connectivity index (χ1n) is 7.84. The van der Waals surface area contributed by atoms with Crippen LogP contribution in [0.15, 0.2) is 36.4 Å². The lowest BCUT2D eigenvalue weighted by Crippen LogP contribution is -2.24. The van der Waals surface area contributed by atoms with Crippen LogP contribution in [0.5, 0.6) is 0 Å². The van der Waals surface area contributed by atoms with E-state index in [9.17, 15) is 4.79 Å². The van der Waals surface area contributed by atoms with Gasteiger partial charge in [0.15, 0.2) is 0 Å². The number of aryl methyl sites for hydroxylation is 2. The van der Waals surface area contributed by atoms with E-state index in [2.05, 4.69) is 23.0 Å². The Bertz CT molecular complexity index is 669. The number of carbonyl (C=O) groups excluding carboxylic acids is 1. The smallest absolute Gasteiger partial charge is 0.227 e. The topological polar surface area (TPSA) is 46.1 Å². The van der Waals surface area contributed by atoms with Crippen molar-refractivity contribution in [3.63, 3.8) is 0 Å². The molecule has 1 aromatic heterocycles. The third-order valence-corrected chi connectivity index (χ3v) is 4.08. The quantitative estimate of drug-likeness (QED) is 0.871. The summed E-state index contributed by atoms with van der Waals surface area (Å²) in [7, 11) is 0. The monoisotopic (exact) mass is 295 g/mol. The summed E-state index contributed by atoms with van der Waals surface area (Å²) in [6.07, 6.45) is 2.35. The first-order chi connectivity index (χ1) is 10.7. The van der Waals surface area contributed by atoms with Crippen molar-refractivity contribution in [3.8, 4) is 0 Å². The molecule has 1 unspecified atom stereocenters. The molecule has 2 heterocycles. The molecule has 114 valence electrons. The van der Waals surface area contributed by atoms with Gasteiger partial charge in [0, 0.05) is 30.0 Å². The maximum atomic E-state index is 12.3. The van der Waals surface area contributed by atoms with Crippen LogP contribution in [-0.2, 0) is 17.6 Å². The molecule has 0 spiro atoms. The minimum Gasteiger partial charge on any atom is -0.312 e. The molecule has 22 heavy (non-hydrogen) atoms. The van der Waals surface area contributed by atoms with Crippen LogP contribution in [0.3, 0.4) is 0 Å². The maximum absolute atomic E-state index is 12.3. The summed E-state index contributed by atoms with van der Waals surface area (Å²) in [4.78, 5) is 23.1. The lowest BCUT2D eigenvalue weighted by atomic mass is 10.0. The molecule has 1 aromatic carbocycles. The van der Waals surface area contributed by atoms with Crippen LogP contribution in [0.25, 0.3) is 0 Å². The number of aromatic nitrogens is 2. The van der Waals surface area contributed by atoms with Crippen LogP contribution in [0.1, 0.15) is 30.6 Å². The van der Waals surface area contributed by atoms with E-state index in [1.165, 1.54) is 0 Å². The number of rotatable bonds is 4. The minimum atomic E-state index is 0.206. The molecule has 3 rings (SSSR count). The summed E-state index contributed by atoms with van der Waals surface area (Å²) in [6, 6.07) is 12.0. The van der Waals surface area contributed by atoms with Gasteiger partial charge in [0.2, 0.25) is 5.91 Å². The van der Waals surface area contributed by atoms with Gasteiger partial charge in [0.25, 0.3) is 0 Å². The standard InChI is InChI=1S/C18H21N3O/c1-3-15-11-16(20-13(2)19-15)9-14-10-18(22)21(12-14)17-7-5-4-6-8-17/h4-8,11,14H,3,9-10,12H2,1-2H3. The van der Waals surface area contributed by atoms with Gasteiger partial charge in [-0.05, 0) is 43.9 Å². The summed E-state index contributed by atoms with van der Waals surface area (Å²) in [5.74, 6) is 1.35. The maximum Gasteiger partial charge on any atom is 0.227 e. The van der Waals surface area contributed by atoms with E-state index in [4.69, 9.17) is 0 Å². The number of hydrogen-bond acceptors (Lipinski definition) is 3. The minimum absolute atomic E-state index is 0.206. The first kappa shape index (κ1) is 14.7. The molecule has 1 aliphatic heterocycles. The van der Waals surface area contributed by atoms with Gasteiger partial charge in [0.05, 0.1) is 0 Å². The van der Waals surface area contributed by atoms with Gasteiger partial charge in [-0.25, -0.2) is 9.97 Å². The van der Waals surface area contributed by atoms with Crippen molar-refractivity contribution in [2.24, 2.45) is 5.92 Å². The Morgan fingerprint density at radius 2 is 1.91 bits per heavy atom. The first-order valence-corrected chi connectivity index (χ1v) is 7.84. The highest BCUT2D eigenvalue weighted by atomic mass is 16.2. The predicted octanol–water partition coefficient (Wildman–Crippen LogP) is 2.94. The van der Waals surface area contributed by atoms with Crippen molar-refractivity contribution >= 4 is 11.6 Å². The van der Waals surface area contributed by atoms with Crippen LogP contribution in [0, 0.1) is 12.8 Å². The van der Waals surface area contributed by atoms with Gasteiger partial charge in [-0.1, -0.05) is 25.1 Å². The van der Waals surface area contributed by atoms with E-state index in [0.717, 1.165) is 42.3 Å². The highest BCUT2D eigenvalue weighted by Gasteiger charge is 2.30. The second-order valence-electron chi connectivity index (χ2n) is 5.87. The number of anilines is 1. The summed E-state index contributed by atoms with van der Waals surface area (Å²) < 4.78 is 0. The number of nitrogens with zero attached hydrogens (tertiary/aromatic N) is 3. The molecule has 4 nitrogen and oxygen atoms in total. The number of para-hydroxylation sites is 1. The molecule has 0 bridgehead atoms. The molecular formula is C18H21N3O. The predicted molar refractivity (Wildman–Crippen MR) is 86.8 cm³/mol. The zero-order valence-corrected chi connectivity index (χ0v) is 13.1. The van der Waals surface area contributed by atoms with Crippen LogP contribution < -0.4 is 4.90 Å². The third kappa shape index (κ3) is 3.16. The lowest BCUT2D eigenvalue weighted by molar-refractivity contribution is -0.117. The van der Waals surface area contributed by atoms with E-state index in [0.29, 0.717) is 12.3 Å². The molecule has 1 saturated heterocycles. The van der Waals surface area contributed by atoms with Crippen LogP contribution in [0.4, 0.5) is 5.69 Å². The van der Waals surface area contributed by atoms with Gasteiger partial charge in [-0.2, -0.15) is 0 Å². The molecule has 4 heteroatoms. The van der Waals surface area contributed by atoms with E-state index in [1.54, 1.807) is 0 Å². The van der Waals surface area contributed by atoms with Crippen LogP contribution in [-0.4, -0.2) is 22.4 Å². The van der Waals surface area contributed by atoms with Crippen molar-refractivity contribution in [1.29, 1.82) is 0 Å². The molecule has 1 fully saturated rings. The fraction of sp³-hybridized carbons (Fsp3) is 0.389. The van der Waals surface area contributed by atoms with Crippen molar-refractivity contribution in [2.75, 3.05) is 11.4 Å². The van der Waals surface area contributed by atoms with Crippen molar-refractivity contribution in [1.82, 2.24) is 9.97 Å². The Hall–Kier alpha value is -2.23. The highest BCUT2D eigenvalue weighted by Crippen LogP contribution is 2.26. The highest BCUT2D eigenvalue weighted by molar-refractivity contribution is 5.95. The zero-order valence-electron chi connectivity index (χ0n) is 13.1. The van der Waals surface area contributed by atoms with E-state index < -0.39 is 0 Å². The number of carbonyl (C=O) groups is 1.